The first-order chi connectivity index (χ1) is 7.13. The number of halogens is 2. The smallest absolute Gasteiger partial charge is 0.0833 e. The second kappa shape index (κ2) is 4.05. The highest BCUT2D eigenvalue weighted by molar-refractivity contribution is 6.45. The summed E-state index contributed by atoms with van der Waals surface area (Å²) >= 11 is 12.0. The Morgan fingerprint density at radius 2 is 2.07 bits per heavy atom. The van der Waals surface area contributed by atoms with Crippen LogP contribution in [0, 0.1) is 0 Å². The molecule has 0 spiro atoms. The first-order valence-electron chi connectivity index (χ1n) is 4.77. The van der Waals surface area contributed by atoms with E-state index in [1.54, 1.807) is 0 Å². The van der Waals surface area contributed by atoms with E-state index in [1.165, 1.54) is 0 Å². The van der Waals surface area contributed by atoms with Gasteiger partial charge in [-0.2, -0.15) is 0 Å². The summed E-state index contributed by atoms with van der Waals surface area (Å²) in [4.78, 5) is 3.28. The molecule has 1 unspecified atom stereocenters. The Bertz CT molecular complexity index is 491. The van der Waals surface area contributed by atoms with Gasteiger partial charge in [-0.1, -0.05) is 29.3 Å². The average molecular weight is 243 g/mol. The van der Waals surface area contributed by atoms with Gasteiger partial charge in [-0.25, -0.2) is 0 Å². The van der Waals surface area contributed by atoms with Gasteiger partial charge in [0.1, 0.15) is 0 Å². The maximum atomic E-state index is 6.10. The number of benzene rings is 1. The molecule has 1 aromatic carbocycles. The topological polar surface area (TPSA) is 27.8 Å². The Labute approximate surface area is 98.6 Å². The lowest BCUT2D eigenvalue weighted by molar-refractivity contribution is 0.638. The fourth-order valence-corrected chi connectivity index (χ4v) is 1.93. The van der Waals surface area contributed by atoms with Crippen LogP contribution in [0.3, 0.4) is 0 Å². The molecule has 0 aliphatic heterocycles. The quantitative estimate of drug-likeness (QED) is 0.825. The van der Waals surface area contributed by atoms with E-state index < -0.39 is 0 Å². The summed E-state index contributed by atoms with van der Waals surface area (Å²) in [6, 6.07) is 6.13. The van der Waals surface area contributed by atoms with Crippen LogP contribution in [0.2, 0.25) is 10.0 Å². The molecule has 0 fully saturated rings. The van der Waals surface area contributed by atoms with Crippen LogP contribution in [0.5, 0.6) is 0 Å². The van der Waals surface area contributed by atoms with Crippen molar-refractivity contribution in [3.05, 3.63) is 33.9 Å². The van der Waals surface area contributed by atoms with Gasteiger partial charge < -0.3 is 10.3 Å². The van der Waals surface area contributed by atoms with Crippen molar-refractivity contribution >= 4 is 34.1 Å². The number of hydrogen-bond donors (Lipinski definition) is 2. The SMILES string of the molecule is CNC(C)c1cc2ccc(Cl)c(Cl)c2[nH]1. The molecule has 2 nitrogen and oxygen atoms in total. The molecule has 80 valence electrons. The minimum Gasteiger partial charge on any atom is -0.356 e. The summed E-state index contributed by atoms with van der Waals surface area (Å²) in [6.45, 7) is 2.08. The normalized spacial score (nSPS) is 13.3. The largest absolute Gasteiger partial charge is 0.356 e. The van der Waals surface area contributed by atoms with Crippen molar-refractivity contribution in [2.45, 2.75) is 13.0 Å². The van der Waals surface area contributed by atoms with Crippen molar-refractivity contribution < 1.29 is 0 Å². The van der Waals surface area contributed by atoms with Gasteiger partial charge in [0.25, 0.3) is 0 Å². The van der Waals surface area contributed by atoms with E-state index in [0.29, 0.717) is 10.0 Å². The maximum absolute atomic E-state index is 6.10. The van der Waals surface area contributed by atoms with E-state index in [0.717, 1.165) is 16.6 Å². The van der Waals surface area contributed by atoms with Crippen molar-refractivity contribution in [2.24, 2.45) is 0 Å². The number of aromatic amines is 1. The van der Waals surface area contributed by atoms with Gasteiger partial charge in [-0.05, 0) is 26.1 Å². The molecule has 1 aromatic heterocycles. The Morgan fingerprint density at radius 1 is 1.33 bits per heavy atom. The predicted molar refractivity (Wildman–Crippen MR) is 65.8 cm³/mol. The summed E-state index contributed by atoms with van der Waals surface area (Å²) in [5, 5.41) is 5.42. The third kappa shape index (κ3) is 1.85. The van der Waals surface area contributed by atoms with Crippen molar-refractivity contribution in [1.82, 2.24) is 10.3 Å². The van der Waals surface area contributed by atoms with Crippen LogP contribution in [0.15, 0.2) is 18.2 Å². The van der Waals surface area contributed by atoms with Gasteiger partial charge in [0.15, 0.2) is 0 Å². The molecule has 0 bridgehead atoms. The second-order valence-electron chi connectivity index (χ2n) is 3.56. The number of nitrogens with one attached hydrogen (secondary N) is 2. The average Bonchev–Trinajstić information content (AvgIpc) is 2.67. The third-order valence-corrected chi connectivity index (χ3v) is 3.41. The number of fused-ring (bicyclic) bond motifs is 1. The van der Waals surface area contributed by atoms with Crippen LogP contribution in [0.4, 0.5) is 0 Å². The lowest BCUT2D eigenvalue weighted by atomic mass is 10.2. The summed E-state index contributed by atoms with van der Waals surface area (Å²) < 4.78 is 0. The standard InChI is InChI=1S/C11H12Cl2N2/c1-6(14-2)9-5-7-3-4-8(12)10(13)11(7)15-9/h3-6,14-15H,1-2H3. The van der Waals surface area contributed by atoms with E-state index in [-0.39, 0.29) is 6.04 Å². The molecule has 0 amide bonds. The van der Waals surface area contributed by atoms with E-state index >= 15 is 0 Å². The monoisotopic (exact) mass is 242 g/mol. The number of H-pyrrole nitrogens is 1. The molecule has 1 heterocycles. The molecular formula is C11H12Cl2N2. The minimum absolute atomic E-state index is 0.271. The minimum atomic E-state index is 0.271. The summed E-state index contributed by atoms with van der Waals surface area (Å²) in [5.41, 5.74) is 2.01. The molecule has 0 aliphatic carbocycles. The Hall–Kier alpha value is -0.700. The molecule has 0 aliphatic rings. The van der Waals surface area contributed by atoms with Crippen molar-refractivity contribution in [3.63, 3.8) is 0 Å². The highest BCUT2D eigenvalue weighted by Crippen LogP contribution is 2.31. The van der Waals surface area contributed by atoms with Gasteiger partial charge in [-0.15, -0.1) is 0 Å². The molecule has 2 rings (SSSR count). The van der Waals surface area contributed by atoms with Gasteiger partial charge in [0, 0.05) is 17.1 Å². The van der Waals surface area contributed by atoms with E-state index in [1.807, 2.05) is 19.2 Å². The highest BCUT2D eigenvalue weighted by atomic mass is 35.5. The van der Waals surface area contributed by atoms with Crippen LogP contribution in [-0.2, 0) is 0 Å². The fraction of sp³-hybridized carbons (Fsp3) is 0.273. The molecule has 15 heavy (non-hydrogen) atoms. The van der Waals surface area contributed by atoms with Crippen LogP contribution in [0.25, 0.3) is 10.9 Å². The second-order valence-corrected chi connectivity index (χ2v) is 4.35. The van der Waals surface area contributed by atoms with Crippen LogP contribution in [-0.4, -0.2) is 12.0 Å². The fourth-order valence-electron chi connectivity index (χ4n) is 1.55. The molecule has 1 atom stereocenters. The van der Waals surface area contributed by atoms with Gasteiger partial charge in [0.05, 0.1) is 15.6 Å². The Kier molecular flexibility index (Phi) is 2.91. The molecule has 4 heteroatoms. The first kappa shape index (κ1) is 10.8. The summed E-state index contributed by atoms with van der Waals surface area (Å²) in [6.07, 6.45) is 0. The van der Waals surface area contributed by atoms with E-state index in [9.17, 15) is 0 Å². The summed E-state index contributed by atoms with van der Waals surface area (Å²) in [5.74, 6) is 0. The van der Waals surface area contributed by atoms with Gasteiger partial charge in [-0.3, -0.25) is 0 Å². The van der Waals surface area contributed by atoms with E-state index in [2.05, 4.69) is 23.3 Å². The highest BCUT2D eigenvalue weighted by Gasteiger charge is 2.10. The zero-order valence-electron chi connectivity index (χ0n) is 8.57. The van der Waals surface area contributed by atoms with Crippen molar-refractivity contribution in [1.29, 1.82) is 0 Å². The van der Waals surface area contributed by atoms with Crippen molar-refractivity contribution in [3.8, 4) is 0 Å². The predicted octanol–water partition coefficient (Wildman–Crippen LogP) is 3.76. The lowest BCUT2D eigenvalue weighted by Gasteiger charge is -2.06. The molecular weight excluding hydrogens is 231 g/mol. The molecule has 0 radical (unpaired) electrons. The summed E-state index contributed by atoms with van der Waals surface area (Å²) in [7, 11) is 1.92. The Morgan fingerprint density at radius 3 is 2.73 bits per heavy atom. The maximum Gasteiger partial charge on any atom is 0.0833 e. The number of aromatic nitrogens is 1. The first-order valence-corrected chi connectivity index (χ1v) is 5.53. The van der Waals surface area contributed by atoms with Crippen LogP contribution < -0.4 is 5.32 Å². The molecule has 0 saturated heterocycles. The van der Waals surface area contributed by atoms with E-state index in [4.69, 9.17) is 23.2 Å². The zero-order chi connectivity index (χ0) is 11.0. The number of rotatable bonds is 2. The third-order valence-electron chi connectivity index (χ3n) is 2.61. The Balaban J connectivity index is 2.61. The molecule has 2 N–H and O–H groups in total. The molecule has 0 saturated carbocycles. The lowest BCUT2D eigenvalue weighted by Crippen LogP contribution is -2.12. The van der Waals surface area contributed by atoms with Crippen LogP contribution >= 0.6 is 23.2 Å². The number of hydrogen-bond acceptors (Lipinski definition) is 1. The van der Waals surface area contributed by atoms with Crippen molar-refractivity contribution in [2.75, 3.05) is 7.05 Å². The van der Waals surface area contributed by atoms with Gasteiger partial charge in [0.2, 0.25) is 0 Å². The zero-order valence-corrected chi connectivity index (χ0v) is 10.1. The van der Waals surface area contributed by atoms with Crippen LogP contribution in [0.1, 0.15) is 18.7 Å². The molecule has 2 aromatic rings. The van der Waals surface area contributed by atoms with Gasteiger partial charge >= 0.3 is 0 Å².